The van der Waals surface area contributed by atoms with Crippen molar-refractivity contribution < 1.29 is 14.2 Å². The lowest BCUT2D eigenvalue weighted by atomic mass is 10.0. The van der Waals surface area contributed by atoms with E-state index >= 15 is 0 Å². The highest BCUT2D eigenvalue weighted by Crippen LogP contribution is 2.32. The van der Waals surface area contributed by atoms with Crippen LogP contribution in [-0.2, 0) is 11.3 Å². The largest absolute Gasteiger partial charge is 0.493 e. The molecular weight excluding hydrogens is 416 g/mol. The minimum Gasteiger partial charge on any atom is -0.493 e. The van der Waals surface area contributed by atoms with E-state index in [9.17, 15) is 0 Å². The standard InChI is InChI=1S/C23H31ClN4O3/c1-25-23(26-15-17-4-7-19(24)8-5-17)27-16-20(28-10-12-31-13-11-28)18-6-9-21(29-2)22(14-18)30-3/h4-9,14,20H,10-13,15-16H2,1-3H3,(H2,25,26,27). The van der Waals surface area contributed by atoms with Gasteiger partial charge in [0.25, 0.3) is 0 Å². The molecule has 1 atom stereocenters. The number of morpholine rings is 1. The second-order valence-corrected chi connectivity index (χ2v) is 7.65. The average molecular weight is 447 g/mol. The molecule has 8 heteroatoms. The maximum absolute atomic E-state index is 5.97. The van der Waals surface area contributed by atoms with Crippen molar-refractivity contribution >= 4 is 17.6 Å². The van der Waals surface area contributed by atoms with Crippen LogP contribution in [0.2, 0.25) is 5.02 Å². The molecule has 1 heterocycles. The lowest BCUT2D eigenvalue weighted by Crippen LogP contribution is -2.46. The van der Waals surface area contributed by atoms with E-state index in [1.165, 1.54) is 0 Å². The van der Waals surface area contributed by atoms with Crippen molar-refractivity contribution in [3.63, 3.8) is 0 Å². The van der Waals surface area contributed by atoms with Gasteiger partial charge in [0.05, 0.1) is 33.5 Å². The second kappa shape index (κ2) is 11.8. The molecule has 2 N–H and O–H groups in total. The number of hydrogen-bond acceptors (Lipinski definition) is 5. The van der Waals surface area contributed by atoms with E-state index in [1.807, 2.05) is 36.4 Å². The van der Waals surface area contributed by atoms with Gasteiger partial charge in [-0.1, -0.05) is 29.8 Å². The van der Waals surface area contributed by atoms with E-state index in [0.29, 0.717) is 13.1 Å². The number of guanidine groups is 1. The van der Waals surface area contributed by atoms with Gasteiger partial charge >= 0.3 is 0 Å². The number of rotatable bonds is 8. The zero-order chi connectivity index (χ0) is 22.1. The third-order valence-electron chi connectivity index (χ3n) is 5.34. The molecule has 0 amide bonds. The topological polar surface area (TPSA) is 67.4 Å². The highest BCUT2D eigenvalue weighted by molar-refractivity contribution is 6.30. The van der Waals surface area contributed by atoms with Gasteiger partial charge in [-0.3, -0.25) is 9.89 Å². The summed E-state index contributed by atoms with van der Waals surface area (Å²) in [6.45, 7) is 4.56. The van der Waals surface area contributed by atoms with Crippen molar-refractivity contribution in [1.82, 2.24) is 15.5 Å². The first-order valence-electron chi connectivity index (χ1n) is 10.4. The van der Waals surface area contributed by atoms with Crippen molar-refractivity contribution in [1.29, 1.82) is 0 Å². The monoisotopic (exact) mass is 446 g/mol. The van der Waals surface area contributed by atoms with E-state index in [-0.39, 0.29) is 6.04 Å². The molecule has 2 aromatic carbocycles. The minimum atomic E-state index is 0.137. The molecule has 0 aromatic heterocycles. The number of methoxy groups -OCH3 is 2. The summed E-state index contributed by atoms with van der Waals surface area (Å²) < 4.78 is 16.5. The Morgan fingerprint density at radius 3 is 2.42 bits per heavy atom. The van der Waals surface area contributed by atoms with Crippen LogP contribution in [0.3, 0.4) is 0 Å². The average Bonchev–Trinajstić information content (AvgIpc) is 2.82. The van der Waals surface area contributed by atoms with Crippen LogP contribution >= 0.6 is 11.6 Å². The van der Waals surface area contributed by atoms with Gasteiger partial charge < -0.3 is 24.8 Å². The molecule has 2 aromatic rings. The van der Waals surface area contributed by atoms with E-state index < -0.39 is 0 Å². The number of ether oxygens (including phenoxy) is 3. The predicted octanol–water partition coefficient (Wildman–Crippen LogP) is 3.10. The van der Waals surface area contributed by atoms with E-state index in [4.69, 9.17) is 25.8 Å². The van der Waals surface area contributed by atoms with Gasteiger partial charge in [0, 0.05) is 38.2 Å². The van der Waals surface area contributed by atoms with Crippen LogP contribution in [0, 0.1) is 0 Å². The molecule has 0 aliphatic carbocycles. The lowest BCUT2D eigenvalue weighted by Gasteiger charge is -2.35. The first-order chi connectivity index (χ1) is 15.1. The SMILES string of the molecule is CN=C(NCc1ccc(Cl)cc1)NCC(c1ccc(OC)c(OC)c1)N1CCOCC1. The minimum absolute atomic E-state index is 0.137. The smallest absolute Gasteiger partial charge is 0.191 e. The van der Waals surface area contributed by atoms with Crippen LogP contribution in [0.25, 0.3) is 0 Å². The summed E-state index contributed by atoms with van der Waals surface area (Å²) in [7, 11) is 5.08. The molecule has 1 fully saturated rings. The van der Waals surface area contributed by atoms with Crippen molar-refractivity contribution in [2.45, 2.75) is 12.6 Å². The van der Waals surface area contributed by atoms with Crippen LogP contribution in [0.15, 0.2) is 47.5 Å². The van der Waals surface area contributed by atoms with Crippen molar-refractivity contribution in [3.8, 4) is 11.5 Å². The summed E-state index contributed by atoms with van der Waals surface area (Å²) in [6, 6.07) is 14.0. The van der Waals surface area contributed by atoms with Gasteiger partial charge in [0.15, 0.2) is 17.5 Å². The molecule has 0 bridgehead atoms. The number of aliphatic imine (C=N–C) groups is 1. The first kappa shape index (κ1) is 23.2. The summed E-state index contributed by atoms with van der Waals surface area (Å²) >= 11 is 5.97. The number of hydrogen-bond donors (Lipinski definition) is 2. The zero-order valence-corrected chi connectivity index (χ0v) is 19.1. The van der Waals surface area contributed by atoms with Gasteiger partial charge in [0.2, 0.25) is 0 Å². The van der Waals surface area contributed by atoms with Crippen molar-refractivity contribution in [2.75, 3.05) is 54.1 Å². The second-order valence-electron chi connectivity index (χ2n) is 7.21. The summed E-state index contributed by atoms with van der Waals surface area (Å²) in [4.78, 5) is 6.79. The molecule has 7 nitrogen and oxygen atoms in total. The molecule has 168 valence electrons. The fourth-order valence-electron chi connectivity index (χ4n) is 3.61. The summed E-state index contributed by atoms with van der Waals surface area (Å²) in [5, 5.41) is 7.57. The number of benzene rings is 2. The first-order valence-corrected chi connectivity index (χ1v) is 10.7. The van der Waals surface area contributed by atoms with E-state index in [1.54, 1.807) is 21.3 Å². The molecule has 1 aliphatic heterocycles. The third kappa shape index (κ3) is 6.50. The summed E-state index contributed by atoms with van der Waals surface area (Å²) in [5.41, 5.74) is 2.29. The van der Waals surface area contributed by atoms with Crippen molar-refractivity contribution in [3.05, 3.63) is 58.6 Å². The Morgan fingerprint density at radius 1 is 1.06 bits per heavy atom. The van der Waals surface area contributed by atoms with Gasteiger partial charge in [0.1, 0.15) is 0 Å². The molecule has 1 aliphatic rings. The van der Waals surface area contributed by atoms with Crippen LogP contribution < -0.4 is 20.1 Å². The maximum atomic E-state index is 5.97. The highest BCUT2D eigenvalue weighted by Gasteiger charge is 2.24. The molecule has 1 saturated heterocycles. The number of nitrogens with zero attached hydrogens (tertiary/aromatic N) is 2. The highest BCUT2D eigenvalue weighted by atomic mass is 35.5. The number of nitrogens with one attached hydrogen (secondary N) is 2. The van der Waals surface area contributed by atoms with E-state index in [2.05, 4.69) is 26.6 Å². The van der Waals surface area contributed by atoms with E-state index in [0.717, 1.165) is 59.9 Å². The van der Waals surface area contributed by atoms with Crippen molar-refractivity contribution in [2.24, 2.45) is 4.99 Å². The van der Waals surface area contributed by atoms with Gasteiger partial charge in [-0.25, -0.2) is 0 Å². The molecule has 1 unspecified atom stereocenters. The Morgan fingerprint density at radius 2 is 1.77 bits per heavy atom. The molecular formula is C23H31ClN4O3. The molecule has 0 spiro atoms. The quantitative estimate of drug-likeness (QED) is 0.480. The Hall–Kier alpha value is -2.48. The Kier molecular flexibility index (Phi) is 8.82. The predicted molar refractivity (Wildman–Crippen MR) is 124 cm³/mol. The Balaban J connectivity index is 1.69. The molecule has 0 saturated carbocycles. The summed E-state index contributed by atoms with van der Waals surface area (Å²) in [5.74, 6) is 2.19. The van der Waals surface area contributed by atoms with Crippen LogP contribution in [-0.4, -0.2) is 65.0 Å². The molecule has 0 radical (unpaired) electrons. The lowest BCUT2D eigenvalue weighted by molar-refractivity contribution is 0.0169. The normalized spacial score (nSPS) is 15.9. The van der Waals surface area contributed by atoms with Crippen LogP contribution in [0.1, 0.15) is 17.2 Å². The van der Waals surface area contributed by atoms with Crippen LogP contribution in [0.5, 0.6) is 11.5 Å². The molecule has 31 heavy (non-hydrogen) atoms. The third-order valence-corrected chi connectivity index (χ3v) is 5.59. The van der Waals surface area contributed by atoms with Crippen LogP contribution in [0.4, 0.5) is 0 Å². The van der Waals surface area contributed by atoms with Gasteiger partial charge in [-0.05, 0) is 35.4 Å². The Bertz CT molecular complexity index is 854. The fraction of sp³-hybridized carbons (Fsp3) is 0.435. The van der Waals surface area contributed by atoms with Gasteiger partial charge in [-0.2, -0.15) is 0 Å². The summed E-state index contributed by atoms with van der Waals surface area (Å²) in [6.07, 6.45) is 0. The fourth-order valence-corrected chi connectivity index (χ4v) is 3.73. The zero-order valence-electron chi connectivity index (χ0n) is 18.4. The Labute approximate surface area is 189 Å². The maximum Gasteiger partial charge on any atom is 0.191 e. The number of halogens is 1. The molecule has 3 rings (SSSR count). The van der Waals surface area contributed by atoms with Gasteiger partial charge in [-0.15, -0.1) is 0 Å².